The number of benzene rings is 1. The second-order valence-electron chi connectivity index (χ2n) is 6.23. The smallest absolute Gasteiger partial charge is 0.170 e. The number of hydrogen-bond acceptors (Lipinski definition) is 3. The van der Waals surface area contributed by atoms with Gasteiger partial charge >= 0.3 is 0 Å². The molecule has 1 aliphatic heterocycles. The molecular weight excluding hydrogens is 257 g/mol. The number of likely N-dealkylation sites (tertiary alicyclic amines) is 1. The van der Waals surface area contributed by atoms with E-state index in [1.807, 2.05) is 0 Å². The molecule has 0 aliphatic carbocycles. The average molecular weight is 279 g/mol. The molecule has 20 heavy (non-hydrogen) atoms. The monoisotopic (exact) mass is 279 g/mol. The SMILES string of the molecule is CC1(C)CCN(Cc2ccc(F)cc2C(N)=NO)CC1. The van der Waals surface area contributed by atoms with Crippen molar-refractivity contribution in [1.82, 2.24) is 4.90 Å². The predicted octanol–water partition coefficient (Wildman–Crippen LogP) is 2.54. The van der Waals surface area contributed by atoms with Crippen LogP contribution in [0.3, 0.4) is 0 Å². The minimum absolute atomic E-state index is 0.0446. The maximum Gasteiger partial charge on any atom is 0.170 e. The highest BCUT2D eigenvalue weighted by atomic mass is 19.1. The molecule has 1 fully saturated rings. The fourth-order valence-electron chi connectivity index (χ4n) is 2.54. The third kappa shape index (κ3) is 3.48. The number of oxime groups is 1. The van der Waals surface area contributed by atoms with Crippen molar-refractivity contribution in [2.24, 2.45) is 16.3 Å². The van der Waals surface area contributed by atoms with Gasteiger partial charge in [-0.25, -0.2) is 4.39 Å². The van der Waals surface area contributed by atoms with Crippen molar-refractivity contribution in [3.05, 3.63) is 35.1 Å². The van der Waals surface area contributed by atoms with Crippen molar-refractivity contribution in [2.45, 2.75) is 33.2 Å². The van der Waals surface area contributed by atoms with Crippen LogP contribution >= 0.6 is 0 Å². The summed E-state index contributed by atoms with van der Waals surface area (Å²) >= 11 is 0. The van der Waals surface area contributed by atoms with Crippen LogP contribution in [0.15, 0.2) is 23.4 Å². The first kappa shape index (κ1) is 14.8. The van der Waals surface area contributed by atoms with Gasteiger partial charge in [-0.05, 0) is 49.0 Å². The minimum atomic E-state index is -0.380. The first-order chi connectivity index (χ1) is 9.41. The second kappa shape index (κ2) is 5.79. The van der Waals surface area contributed by atoms with E-state index in [0.29, 0.717) is 17.5 Å². The minimum Gasteiger partial charge on any atom is -0.409 e. The average Bonchev–Trinajstić information content (AvgIpc) is 2.42. The van der Waals surface area contributed by atoms with Crippen molar-refractivity contribution in [1.29, 1.82) is 0 Å². The maximum atomic E-state index is 13.3. The van der Waals surface area contributed by atoms with E-state index in [1.54, 1.807) is 6.07 Å². The molecule has 1 aromatic carbocycles. The summed E-state index contributed by atoms with van der Waals surface area (Å²) in [6.45, 7) is 7.29. The lowest BCUT2D eigenvalue weighted by Crippen LogP contribution is -2.37. The Bertz CT molecular complexity index is 504. The summed E-state index contributed by atoms with van der Waals surface area (Å²) in [6, 6.07) is 4.44. The van der Waals surface area contributed by atoms with Gasteiger partial charge in [-0.1, -0.05) is 25.1 Å². The van der Waals surface area contributed by atoms with Gasteiger partial charge in [0.2, 0.25) is 0 Å². The zero-order valence-electron chi connectivity index (χ0n) is 12.1. The zero-order valence-corrected chi connectivity index (χ0v) is 12.1. The van der Waals surface area contributed by atoms with Gasteiger partial charge in [0.05, 0.1) is 0 Å². The number of hydrogen-bond donors (Lipinski definition) is 2. The Morgan fingerprint density at radius 1 is 1.40 bits per heavy atom. The van der Waals surface area contributed by atoms with Crippen LogP contribution in [0.1, 0.15) is 37.8 Å². The summed E-state index contributed by atoms with van der Waals surface area (Å²) < 4.78 is 13.3. The van der Waals surface area contributed by atoms with E-state index in [2.05, 4.69) is 23.9 Å². The molecule has 4 nitrogen and oxygen atoms in total. The molecule has 0 radical (unpaired) electrons. The van der Waals surface area contributed by atoms with Crippen LogP contribution in [-0.2, 0) is 6.54 Å². The number of piperidine rings is 1. The van der Waals surface area contributed by atoms with Crippen LogP contribution < -0.4 is 5.73 Å². The Kier molecular flexibility index (Phi) is 4.28. The molecular formula is C15H22FN3O. The number of nitrogens with zero attached hydrogens (tertiary/aromatic N) is 2. The number of nitrogens with two attached hydrogens (primary N) is 1. The molecule has 0 saturated carbocycles. The Hall–Kier alpha value is -1.62. The molecule has 0 bridgehead atoms. The Morgan fingerprint density at radius 2 is 2.05 bits per heavy atom. The van der Waals surface area contributed by atoms with Crippen molar-refractivity contribution in [3.8, 4) is 0 Å². The standard InChI is InChI=1S/C15H22FN3O/c1-15(2)5-7-19(8-6-15)10-11-3-4-12(16)9-13(11)14(17)18-20/h3-4,9,20H,5-8,10H2,1-2H3,(H2,17,18). The summed E-state index contributed by atoms with van der Waals surface area (Å²) in [5, 5.41) is 11.8. The van der Waals surface area contributed by atoms with E-state index in [9.17, 15) is 4.39 Å². The molecule has 0 spiro atoms. The topological polar surface area (TPSA) is 61.8 Å². The lowest BCUT2D eigenvalue weighted by molar-refractivity contribution is 0.127. The van der Waals surface area contributed by atoms with Crippen molar-refractivity contribution >= 4 is 5.84 Å². The third-order valence-electron chi connectivity index (χ3n) is 4.06. The van der Waals surface area contributed by atoms with E-state index in [0.717, 1.165) is 31.5 Å². The molecule has 1 saturated heterocycles. The highest BCUT2D eigenvalue weighted by Crippen LogP contribution is 2.30. The molecule has 110 valence electrons. The summed E-state index contributed by atoms with van der Waals surface area (Å²) in [7, 11) is 0. The van der Waals surface area contributed by atoms with Gasteiger partial charge in [-0.2, -0.15) is 0 Å². The molecule has 0 atom stereocenters. The first-order valence-corrected chi connectivity index (χ1v) is 6.90. The molecule has 2 rings (SSSR count). The van der Waals surface area contributed by atoms with Crippen LogP contribution in [0.4, 0.5) is 4.39 Å². The van der Waals surface area contributed by atoms with Gasteiger partial charge in [0.1, 0.15) is 5.82 Å². The van der Waals surface area contributed by atoms with Crippen LogP contribution in [0.5, 0.6) is 0 Å². The van der Waals surface area contributed by atoms with Crippen LogP contribution in [-0.4, -0.2) is 29.0 Å². The van der Waals surface area contributed by atoms with Gasteiger partial charge in [0.15, 0.2) is 5.84 Å². The largest absolute Gasteiger partial charge is 0.409 e. The van der Waals surface area contributed by atoms with E-state index >= 15 is 0 Å². The Morgan fingerprint density at radius 3 is 2.65 bits per heavy atom. The van der Waals surface area contributed by atoms with E-state index in [-0.39, 0.29) is 11.7 Å². The molecule has 0 aromatic heterocycles. The summed E-state index contributed by atoms with van der Waals surface area (Å²) in [5.41, 5.74) is 7.38. The molecule has 1 heterocycles. The third-order valence-corrected chi connectivity index (χ3v) is 4.06. The summed E-state index contributed by atoms with van der Waals surface area (Å²) in [6.07, 6.45) is 2.29. The van der Waals surface area contributed by atoms with Crippen LogP contribution in [0.25, 0.3) is 0 Å². The van der Waals surface area contributed by atoms with Gasteiger partial charge in [0.25, 0.3) is 0 Å². The molecule has 1 aromatic rings. The lowest BCUT2D eigenvalue weighted by Gasteiger charge is -2.37. The number of rotatable bonds is 3. The number of amidine groups is 1. The lowest BCUT2D eigenvalue weighted by atomic mass is 9.82. The molecule has 0 amide bonds. The fourth-order valence-corrected chi connectivity index (χ4v) is 2.54. The van der Waals surface area contributed by atoms with Gasteiger partial charge in [0, 0.05) is 12.1 Å². The fraction of sp³-hybridized carbons (Fsp3) is 0.533. The van der Waals surface area contributed by atoms with Crippen LogP contribution in [0, 0.1) is 11.2 Å². The molecule has 3 N–H and O–H groups in total. The Labute approximate surface area is 119 Å². The van der Waals surface area contributed by atoms with Gasteiger partial charge < -0.3 is 10.9 Å². The van der Waals surface area contributed by atoms with Crippen molar-refractivity contribution in [2.75, 3.05) is 13.1 Å². The normalized spacial score (nSPS) is 20.1. The first-order valence-electron chi connectivity index (χ1n) is 6.90. The highest BCUT2D eigenvalue weighted by Gasteiger charge is 2.25. The van der Waals surface area contributed by atoms with E-state index < -0.39 is 0 Å². The summed E-state index contributed by atoms with van der Waals surface area (Å²) in [4.78, 5) is 2.33. The van der Waals surface area contributed by atoms with Crippen molar-refractivity contribution in [3.63, 3.8) is 0 Å². The van der Waals surface area contributed by atoms with Crippen molar-refractivity contribution < 1.29 is 9.60 Å². The van der Waals surface area contributed by atoms with Gasteiger partial charge in [-0.3, -0.25) is 4.90 Å². The van der Waals surface area contributed by atoms with Gasteiger partial charge in [-0.15, -0.1) is 0 Å². The quantitative estimate of drug-likeness (QED) is 0.387. The summed E-state index contributed by atoms with van der Waals surface area (Å²) in [5.74, 6) is -0.424. The highest BCUT2D eigenvalue weighted by molar-refractivity contribution is 5.98. The second-order valence-corrected chi connectivity index (χ2v) is 6.23. The maximum absolute atomic E-state index is 13.3. The molecule has 1 aliphatic rings. The molecule has 0 unspecified atom stereocenters. The van der Waals surface area contributed by atoms with Crippen LogP contribution in [0.2, 0.25) is 0 Å². The molecule has 5 heteroatoms. The predicted molar refractivity (Wildman–Crippen MR) is 77.2 cm³/mol. The number of halogens is 1. The Balaban J connectivity index is 2.14. The van der Waals surface area contributed by atoms with E-state index in [1.165, 1.54) is 12.1 Å². The van der Waals surface area contributed by atoms with E-state index in [4.69, 9.17) is 10.9 Å². The zero-order chi connectivity index (χ0) is 14.8.